The zero-order valence-electron chi connectivity index (χ0n) is 14.1. The fraction of sp³-hybridized carbons (Fsp3) is 0.222. The maximum atomic E-state index is 12.6. The molecule has 0 spiro atoms. The Morgan fingerprint density at radius 3 is 2.77 bits per heavy atom. The van der Waals surface area contributed by atoms with Gasteiger partial charge in [-0.1, -0.05) is 55.2 Å². The van der Waals surface area contributed by atoms with E-state index in [0.29, 0.717) is 14.4 Å². The van der Waals surface area contributed by atoms with Gasteiger partial charge in [-0.3, -0.25) is 14.5 Å². The van der Waals surface area contributed by atoms with Crippen LogP contribution in [0.4, 0.5) is 5.13 Å². The van der Waals surface area contributed by atoms with Crippen molar-refractivity contribution in [3.8, 4) is 0 Å². The average Bonchev–Trinajstić information content (AvgIpc) is 3.23. The number of anilines is 1. The van der Waals surface area contributed by atoms with Gasteiger partial charge in [0.1, 0.15) is 4.32 Å². The number of rotatable bonds is 6. The zero-order valence-corrected chi connectivity index (χ0v) is 16.5. The Morgan fingerprint density at radius 1 is 1.35 bits per heavy atom. The Balaban J connectivity index is 1.60. The van der Waals surface area contributed by atoms with Gasteiger partial charge in [0, 0.05) is 24.5 Å². The number of aryl methyl sites for hydroxylation is 1. The highest BCUT2D eigenvalue weighted by molar-refractivity contribution is 8.26. The molecule has 2 aromatic rings. The van der Waals surface area contributed by atoms with Gasteiger partial charge >= 0.3 is 0 Å². The van der Waals surface area contributed by atoms with Crippen LogP contribution in [-0.4, -0.2) is 32.6 Å². The Hall–Kier alpha value is -2.03. The number of thiocarbonyl (C=S) groups is 1. The molecule has 0 saturated carbocycles. The van der Waals surface area contributed by atoms with Gasteiger partial charge in [-0.25, -0.2) is 4.98 Å². The topological polar surface area (TPSA) is 62.3 Å². The minimum absolute atomic E-state index is 0.151. The van der Waals surface area contributed by atoms with Crippen LogP contribution in [0.15, 0.2) is 40.7 Å². The van der Waals surface area contributed by atoms with Crippen molar-refractivity contribution in [2.45, 2.75) is 19.8 Å². The lowest BCUT2D eigenvalue weighted by molar-refractivity contribution is -0.122. The standard InChI is InChI=1S/C18H17N3O2S3/c1-2-12-3-5-13(6-4-12)11-14-16(23)21(18(24)26-14)9-7-15(22)20-17-19-8-10-25-17/h3-6,8,10-11H,2,7,9H2,1H3,(H,19,20,22)/b14-11-. The predicted octanol–water partition coefficient (Wildman–Crippen LogP) is 3.94. The molecular formula is C18H17N3O2S3. The molecule has 0 unspecified atom stereocenters. The van der Waals surface area contributed by atoms with Crippen molar-refractivity contribution in [3.63, 3.8) is 0 Å². The van der Waals surface area contributed by atoms with Crippen molar-refractivity contribution in [2.75, 3.05) is 11.9 Å². The number of thioether (sulfide) groups is 1. The second kappa shape index (κ2) is 8.57. The summed E-state index contributed by atoms with van der Waals surface area (Å²) in [6.07, 6.45) is 4.62. The Bertz CT molecular complexity index is 845. The molecule has 1 saturated heterocycles. The first-order chi connectivity index (χ1) is 12.6. The SMILES string of the molecule is CCc1ccc(/C=C2\SC(=S)N(CCC(=O)Nc3nccs3)C2=O)cc1. The second-order valence-corrected chi connectivity index (χ2v) is 8.13. The van der Waals surface area contributed by atoms with E-state index in [1.165, 1.54) is 33.6 Å². The summed E-state index contributed by atoms with van der Waals surface area (Å²) in [5.41, 5.74) is 2.21. The van der Waals surface area contributed by atoms with E-state index in [1.807, 2.05) is 18.2 Å². The number of aromatic nitrogens is 1. The number of hydrogen-bond donors (Lipinski definition) is 1. The van der Waals surface area contributed by atoms with E-state index in [9.17, 15) is 9.59 Å². The molecule has 0 aliphatic carbocycles. The third kappa shape index (κ3) is 4.57. The largest absolute Gasteiger partial charge is 0.302 e. The van der Waals surface area contributed by atoms with E-state index in [0.717, 1.165) is 12.0 Å². The van der Waals surface area contributed by atoms with Crippen molar-refractivity contribution in [1.29, 1.82) is 0 Å². The third-order valence-electron chi connectivity index (χ3n) is 3.80. The molecule has 134 valence electrons. The summed E-state index contributed by atoms with van der Waals surface area (Å²) >= 11 is 7.93. The van der Waals surface area contributed by atoms with E-state index in [2.05, 4.69) is 29.4 Å². The van der Waals surface area contributed by atoms with E-state index < -0.39 is 0 Å². The molecule has 1 aliphatic rings. The van der Waals surface area contributed by atoms with Crippen LogP contribution >= 0.6 is 35.3 Å². The molecule has 0 atom stereocenters. The number of thiazole rings is 1. The molecule has 1 aromatic carbocycles. The number of carbonyl (C=O) groups excluding carboxylic acids is 2. The summed E-state index contributed by atoms with van der Waals surface area (Å²) in [6, 6.07) is 8.09. The smallest absolute Gasteiger partial charge is 0.266 e. The Kier molecular flexibility index (Phi) is 6.18. The predicted molar refractivity (Wildman–Crippen MR) is 111 cm³/mol. The Morgan fingerprint density at radius 2 is 2.12 bits per heavy atom. The van der Waals surface area contributed by atoms with Crippen LogP contribution in [0.3, 0.4) is 0 Å². The fourth-order valence-corrected chi connectivity index (χ4v) is 4.23. The van der Waals surface area contributed by atoms with Gasteiger partial charge < -0.3 is 5.32 Å². The maximum absolute atomic E-state index is 12.6. The molecule has 2 heterocycles. The highest BCUT2D eigenvalue weighted by atomic mass is 32.2. The van der Waals surface area contributed by atoms with Gasteiger partial charge in [-0.05, 0) is 23.6 Å². The van der Waals surface area contributed by atoms with Crippen LogP contribution in [0.25, 0.3) is 6.08 Å². The highest BCUT2D eigenvalue weighted by Crippen LogP contribution is 2.32. The number of benzene rings is 1. The second-order valence-electron chi connectivity index (χ2n) is 5.56. The summed E-state index contributed by atoms with van der Waals surface area (Å²) in [4.78, 5) is 30.6. The summed E-state index contributed by atoms with van der Waals surface area (Å²) < 4.78 is 0.480. The minimum Gasteiger partial charge on any atom is -0.302 e. The Labute approximate surface area is 165 Å². The lowest BCUT2D eigenvalue weighted by Crippen LogP contribution is -2.31. The molecule has 1 aromatic heterocycles. The monoisotopic (exact) mass is 403 g/mol. The minimum atomic E-state index is -0.187. The van der Waals surface area contributed by atoms with Crippen LogP contribution in [0.5, 0.6) is 0 Å². The maximum Gasteiger partial charge on any atom is 0.266 e. The van der Waals surface area contributed by atoms with Crippen molar-refractivity contribution in [3.05, 3.63) is 51.9 Å². The first kappa shape index (κ1) is 18.8. The molecule has 0 bridgehead atoms. The normalized spacial score (nSPS) is 15.7. The fourth-order valence-electron chi connectivity index (χ4n) is 2.37. The van der Waals surface area contributed by atoms with E-state index >= 15 is 0 Å². The zero-order chi connectivity index (χ0) is 18.5. The molecule has 3 rings (SSSR count). The van der Waals surface area contributed by atoms with Crippen LogP contribution < -0.4 is 5.32 Å². The molecule has 1 N–H and O–H groups in total. The number of amides is 2. The summed E-state index contributed by atoms with van der Waals surface area (Å²) in [5, 5.41) is 5.04. The molecule has 8 heteroatoms. The summed E-state index contributed by atoms with van der Waals surface area (Å²) in [6.45, 7) is 2.36. The molecule has 1 fully saturated rings. The molecule has 26 heavy (non-hydrogen) atoms. The van der Waals surface area contributed by atoms with Crippen molar-refractivity contribution in [1.82, 2.24) is 9.88 Å². The van der Waals surface area contributed by atoms with Crippen LogP contribution in [0.2, 0.25) is 0 Å². The number of carbonyl (C=O) groups is 2. The van der Waals surface area contributed by atoms with Gasteiger partial charge in [-0.2, -0.15) is 0 Å². The lowest BCUT2D eigenvalue weighted by atomic mass is 10.1. The van der Waals surface area contributed by atoms with Crippen LogP contribution in [-0.2, 0) is 16.0 Å². The summed E-state index contributed by atoms with van der Waals surface area (Å²) in [7, 11) is 0. The number of nitrogens with zero attached hydrogens (tertiary/aromatic N) is 2. The van der Waals surface area contributed by atoms with Crippen molar-refractivity contribution in [2.24, 2.45) is 0 Å². The summed E-state index contributed by atoms with van der Waals surface area (Å²) in [5.74, 6) is -0.338. The van der Waals surface area contributed by atoms with Gasteiger partial charge in [-0.15, -0.1) is 11.3 Å². The van der Waals surface area contributed by atoms with Crippen LogP contribution in [0.1, 0.15) is 24.5 Å². The van der Waals surface area contributed by atoms with Crippen molar-refractivity contribution < 1.29 is 9.59 Å². The average molecular weight is 404 g/mol. The number of hydrogen-bond acceptors (Lipinski definition) is 6. The lowest BCUT2D eigenvalue weighted by Gasteiger charge is -2.13. The van der Waals surface area contributed by atoms with Crippen LogP contribution in [0, 0.1) is 0 Å². The third-order valence-corrected chi connectivity index (χ3v) is 5.87. The van der Waals surface area contributed by atoms with Gasteiger partial charge in [0.15, 0.2) is 5.13 Å². The van der Waals surface area contributed by atoms with Gasteiger partial charge in [0.25, 0.3) is 5.91 Å². The first-order valence-corrected chi connectivity index (χ1v) is 10.2. The highest BCUT2D eigenvalue weighted by Gasteiger charge is 2.32. The number of nitrogens with one attached hydrogen (secondary N) is 1. The van der Waals surface area contributed by atoms with E-state index in [-0.39, 0.29) is 24.8 Å². The molecule has 2 amide bonds. The molecule has 1 aliphatic heterocycles. The molecule has 0 radical (unpaired) electrons. The van der Waals surface area contributed by atoms with Gasteiger partial charge in [0.2, 0.25) is 5.91 Å². The quantitative estimate of drug-likeness (QED) is 0.585. The molecular weight excluding hydrogens is 386 g/mol. The first-order valence-electron chi connectivity index (χ1n) is 8.10. The van der Waals surface area contributed by atoms with E-state index in [1.54, 1.807) is 11.6 Å². The molecule has 5 nitrogen and oxygen atoms in total. The van der Waals surface area contributed by atoms with E-state index in [4.69, 9.17) is 12.2 Å². The van der Waals surface area contributed by atoms with Crippen molar-refractivity contribution >= 4 is 62.7 Å². The van der Waals surface area contributed by atoms with Gasteiger partial charge in [0.05, 0.1) is 4.91 Å².